The molecule has 0 amide bonds. The maximum Gasteiger partial charge on any atom is 0.343 e. The zero-order chi connectivity index (χ0) is 23.8. The number of phenolic OH excluding ortho intramolecular Hbond substituents is 1. The smallest absolute Gasteiger partial charge is 0.343 e. The Labute approximate surface area is 183 Å². The molecule has 172 valence electrons. The topological polar surface area (TPSA) is 136 Å². The summed E-state index contributed by atoms with van der Waals surface area (Å²) >= 11 is 0. The van der Waals surface area contributed by atoms with Crippen LogP contribution in [0, 0.1) is 5.41 Å². The average Bonchev–Trinajstić information content (AvgIpc) is 2.67. The van der Waals surface area contributed by atoms with Crippen LogP contribution >= 0.6 is 0 Å². The first-order chi connectivity index (χ1) is 14.3. The van der Waals surface area contributed by atoms with Gasteiger partial charge in [-0.15, -0.1) is 0 Å². The van der Waals surface area contributed by atoms with Crippen LogP contribution in [-0.2, 0) is 14.3 Å². The van der Waals surface area contributed by atoms with Gasteiger partial charge in [-0.05, 0) is 42.2 Å². The van der Waals surface area contributed by atoms with Gasteiger partial charge in [0.2, 0.25) is 0 Å². The molecule has 8 nitrogen and oxygen atoms in total. The summed E-state index contributed by atoms with van der Waals surface area (Å²) in [4.78, 5) is 12.2. The molecule has 0 heterocycles. The molecule has 31 heavy (non-hydrogen) atoms. The standard InChI is InChI=1S/C20H25NO6S.C2H6O/c1-20(2,3)18(21)17(27-28(4,24)25)14-10-11-16(15(22)12-14)26-19(23)13-8-6-5-7-9-13;1-2-3/h5-12,17-18,22H,21H2,1-4H3;3H,2H2,1H3. The van der Waals surface area contributed by atoms with Crippen molar-refractivity contribution in [3.63, 3.8) is 0 Å². The number of rotatable bonds is 6. The fraction of sp³-hybridized carbons (Fsp3) is 0.409. The number of carbonyl (C=O) groups is 1. The number of aliphatic hydroxyl groups is 1. The van der Waals surface area contributed by atoms with E-state index in [0.717, 1.165) is 6.26 Å². The highest BCUT2D eigenvalue weighted by molar-refractivity contribution is 7.86. The largest absolute Gasteiger partial charge is 0.504 e. The Morgan fingerprint density at radius 2 is 1.68 bits per heavy atom. The SMILES string of the molecule is CC(C)(C)C(N)C(OS(C)(=O)=O)c1ccc(OC(=O)c2ccccc2)c(O)c1.CCO. The third-order valence-electron chi connectivity index (χ3n) is 4.13. The van der Waals surface area contributed by atoms with E-state index in [-0.39, 0.29) is 18.1 Å². The molecule has 0 aliphatic heterocycles. The van der Waals surface area contributed by atoms with Crippen LogP contribution in [0.5, 0.6) is 11.5 Å². The van der Waals surface area contributed by atoms with Crippen LogP contribution < -0.4 is 10.5 Å². The van der Waals surface area contributed by atoms with Crippen molar-refractivity contribution in [2.75, 3.05) is 12.9 Å². The van der Waals surface area contributed by atoms with E-state index < -0.39 is 33.6 Å². The molecule has 0 saturated carbocycles. The number of phenols is 1. The van der Waals surface area contributed by atoms with Gasteiger partial charge in [0.15, 0.2) is 11.5 Å². The van der Waals surface area contributed by atoms with Crippen LogP contribution in [0.1, 0.15) is 49.7 Å². The van der Waals surface area contributed by atoms with Gasteiger partial charge in [0.25, 0.3) is 10.1 Å². The number of nitrogens with two attached hydrogens (primary N) is 1. The van der Waals surface area contributed by atoms with Crippen molar-refractivity contribution in [1.29, 1.82) is 0 Å². The molecule has 2 aromatic carbocycles. The third kappa shape index (κ3) is 8.66. The quantitative estimate of drug-likeness (QED) is 0.345. The highest BCUT2D eigenvalue weighted by atomic mass is 32.2. The number of aromatic hydroxyl groups is 1. The summed E-state index contributed by atoms with van der Waals surface area (Å²) in [6, 6.07) is 11.8. The second-order valence-corrected chi connectivity index (χ2v) is 9.51. The summed E-state index contributed by atoms with van der Waals surface area (Å²) in [6.45, 7) is 7.49. The number of carbonyl (C=O) groups excluding carboxylic acids is 1. The minimum atomic E-state index is -3.80. The molecule has 0 aliphatic rings. The van der Waals surface area contributed by atoms with Crippen LogP contribution in [0.3, 0.4) is 0 Å². The molecule has 0 fully saturated rings. The van der Waals surface area contributed by atoms with E-state index in [9.17, 15) is 18.3 Å². The Bertz CT molecular complexity index is 954. The lowest BCUT2D eigenvalue weighted by Crippen LogP contribution is -2.42. The van der Waals surface area contributed by atoms with Crippen molar-refractivity contribution < 1.29 is 32.3 Å². The molecule has 0 bridgehead atoms. The molecular formula is C22H31NO7S. The molecule has 0 saturated heterocycles. The second-order valence-electron chi connectivity index (χ2n) is 7.91. The van der Waals surface area contributed by atoms with Crippen molar-refractivity contribution in [3.05, 3.63) is 59.7 Å². The highest BCUT2D eigenvalue weighted by Crippen LogP contribution is 2.36. The van der Waals surface area contributed by atoms with E-state index in [2.05, 4.69) is 0 Å². The molecule has 9 heteroatoms. The van der Waals surface area contributed by atoms with Gasteiger partial charge in [-0.2, -0.15) is 8.42 Å². The number of ether oxygens (including phenoxy) is 1. The summed E-state index contributed by atoms with van der Waals surface area (Å²) in [5.41, 5.74) is 6.44. The summed E-state index contributed by atoms with van der Waals surface area (Å²) in [5, 5.41) is 17.9. The first-order valence-electron chi connectivity index (χ1n) is 9.65. The fourth-order valence-electron chi connectivity index (χ4n) is 2.50. The van der Waals surface area contributed by atoms with Gasteiger partial charge >= 0.3 is 5.97 Å². The predicted octanol–water partition coefficient (Wildman–Crippen LogP) is 3.00. The summed E-state index contributed by atoms with van der Waals surface area (Å²) in [6.07, 6.45) is -0.0783. The Balaban J connectivity index is 0.00000151. The molecule has 2 unspecified atom stereocenters. The molecule has 2 aromatic rings. The first kappa shape index (κ1) is 26.6. The lowest BCUT2D eigenvalue weighted by molar-refractivity contribution is 0.0729. The number of hydrogen-bond donors (Lipinski definition) is 3. The molecule has 2 atom stereocenters. The van der Waals surface area contributed by atoms with Crippen molar-refractivity contribution in [2.45, 2.75) is 39.8 Å². The van der Waals surface area contributed by atoms with E-state index in [1.54, 1.807) is 37.3 Å². The third-order valence-corrected chi connectivity index (χ3v) is 4.69. The zero-order valence-corrected chi connectivity index (χ0v) is 19.2. The maximum absolute atomic E-state index is 12.2. The predicted molar refractivity (Wildman–Crippen MR) is 118 cm³/mol. The zero-order valence-electron chi connectivity index (χ0n) is 18.4. The van der Waals surface area contributed by atoms with Crippen molar-refractivity contribution in [1.82, 2.24) is 0 Å². The van der Waals surface area contributed by atoms with E-state index in [4.69, 9.17) is 19.8 Å². The number of aliphatic hydroxyl groups excluding tert-OH is 1. The fourth-order valence-corrected chi connectivity index (χ4v) is 3.10. The molecule has 2 rings (SSSR count). The summed E-state index contributed by atoms with van der Waals surface area (Å²) in [5.74, 6) is -1.01. The maximum atomic E-state index is 12.2. The summed E-state index contributed by atoms with van der Waals surface area (Å²) < 4.78 is 33.8. The van der Waals surface area contributed by atoms with Crippen molar-refractivity contribution in [2.24, 2.45) is 11.1 Å². The monoisotopic (exact) mass is 453 g/mol. The Hall–Kier alpha value is -2.46. The summed E-state index contributed by atoms with van der Waals surface area (Å²) in [7, 11) is -3.80. The minimum Gasteiger partial charge on any atom is -0.504 e. The lowest BCUT2D eigenvalue weighted by atomic mass is 9.82. The van der Waals surface area contributed by atoms with E-state index in [0.29, 0.717) is 11.1 Å². The first-order valence-corrected chi connectivity index (χ1v) is 11.5. The van der Waals surface area contributed by atoms with Gasteiger partial charge in [-0.3, -0.25) is 4.18 Å². The Morgan fingerprint density at radius 1 is 1.13 bits per heavy atom. The van der Waals surface area contributed by atoms with Gasteiger partial charge in [0, 0.05) is 12.6 Å². The molecule has 4 N–H and O–H groups in total. The van der Waals surface area contributed by atoms with Crippen molar-refractivity contribution >= 4 is 16.1 Å². The minimum absolute atomic E-state index is 0.0555. The van der Waals surface area contributed by atoms with Gasteiger partial charge < -0.3 is 20.7 Å². The molecular weight excluding hydrogens is 422 g/mol. The van der Waals surface area contributed by atoms with E-state index in [1.807, 2.05) is 20.8 Å². The van der Waals surface area contributed by atoms with Gasteiger partial charge in [0.1, 0.15) is 6.10 Å². The van der Waals surface area contributed by atoms with Gasteiger partial charge in [-0.25, -0.2) is 4.79 Å². The van der Waals surface area contributed by atoms with E-state index in [1.165, 1.54) is 18.2 Å². The Morgan fingerprint density at radius 3 is 2.13 bits per heavy atom. The molecule has 0 radical (unpaired) electrons. The second kappa shape index (κ2) is 11.2. The van der Waals surface area contributed by atoms with Crippen LogP contribution in [-0.4, -0.2) is 43.5 Å². The molecule has 0 spiro atoms. The molecule has 0 aromatic heterocycles. The number of benzene rings is 2. The number of hydrogen-bond acceptors (Lipinski definition) is 8. The van der Waals surface area contributed by atoms with Crippen molar-refractivity contribution in [3.8, 4) is 11.5 Å². The van der Waals surface area contributed by atoms with E-state index >= 15 is 0 Å². The average molecular weight is 454 g/mol. The van der Waals surface area contributed by atoms with Crippen LogP contribution in [0.2, 0.25) is 0 Å². The molecule has 0 aliphatic carbocycles. The Kier molecular flexibility index (Phi) is 9.64. The highest BCUT2D eigenvalue weighted by Gasteiger charge is 2.34. The number of esters is 1. The van der Waals surface area contributed by atoms with Crippen LogP contribution in [0.25, 0.3) is 0 Å². The van der Waals surface area contributed by atoms with Gasteiger partial charge in [0.05, 0.1) is 11.8 Å². The van der Waals surface area contributed by atoms with Crippen LogP contribution in [0.4, 0.5) is 0 Å². The normalized spacial score (nSPS) is 13.5. The van der Waals surface area contributed by atoms with Crippen LogP contribution in [0.15, 0.2) is 48.5 Å². The van der Waals surface area contributed by atoms with Gasteiger partial charge in [-0.1, -0.05) is 45.0 Å². The lowest BCUT2D eigenvalue weighted by Gasteiger charge is -2.33.